The summed E-state index contributed by atoms with van der Waals surface area (Å²) in [5.74, 6) is 1.10. The topological polar surface area (TPSA) is 0 Å². The molecule has 0 aliphatic carbocycles. The smallest absolute Gasteiger partial charge is 0.0160 e. The van der Waals surface area contributed by atoms with Crippen LogP contribution >= 0.6 is 11.8 Å². The Morgan fingerprint density at radius 1 is 0.640 bits per heavy atom. The van der Waals surface area contributed by atoms with Gasteiger partial charge in [-0.05, 0) is 25.0 Å². The van der Waals surface area contributed by atoms with Gasteiger partial charge in [0.2, 0.25) is 0 Å². The zero-order chi connectivity index (χ0) is 17.8. The molecule has 0 bridgehead atoms. The van der Waals surface area contributed by atoms with E-state index in [4.69, 9.17) is 0 Å². The summed E-state index contributed by atoms with van der Waals surface area (Å²) < 4.78 is 0. The molecule has 0 N–H and O–H groups in total. The Labute approximate surface area is 161 Å². The summed E-state index contributed by atoms with van der Waals surface area (Å²) in [6, 6.07) is 10.7. The lowest BCUT2D eigenvalue weighted by molar-refractivity contribution is 0.540. The molecule has 0 nitrogen and oxygen atoms in total. The Kier molecular flexibility index (Phi) is 16.2. The molecule has 142 valence electrons. The van der Waals surface area contributed by atoms with Crippen LogP contribution in [0.5, 0.6) is 0 Å². The van der Waals surface area contributed by atoms with Crippen molar-refractivity contribution in [2.75, 3.05) is 5.75 Å². The predicted molar refractivity (Wildman–Crippen MR) is 117 cm³/mol. The van der Waals surface area contributed by atoms with Gasteiger partial charge in [0, 0.05) is 10.6 Å². The van der Waals surface area contributed by atoms with Gasteiger partial charge in [-0.1, -0.05) is 114 Å². The molecule has 1 aromatic carbocycles. The zero-order valence-electron chi connectivity index (χ0n) is 16.6. The molecule has 0 spiro atoms. The minimum Gasteiger partial charge on any atom is -0.122 e. The third-order valence-corrected chi connectivity index (χ3v) is 5.70. The minimum absolute atomic E-state index is 1.10. The lowest BCUT2D eigenvalue weighted by Crippen LogP contribution is -1.82. The van der Waals surface area contributed by atoms with Crippen molar-refractivity contribution in [3.63, 3.8) is 0 Å². The maximum Gasteiger partial charge on any atom is 0.0160 e. The van der Waals surface area contributed by atoms with Crippen LogP contribution in [0.3, 0.4) is 0 Å². The fraction of sp³-hybridized carbons (Fsp3) is 0.667. The molecular weight excluding hydrogens is 320 g/mol. The summed E-state index contributed by atoms with van der Waals surface area (Å²) in [5, 5.41) is 0. The van der Waals surface area contributed by atoms with Crippen LogP contribution < -0.4 is 0 Å². The van der Waals surface area contributed by atoms with E-state index in [1.807, 2.05) is 11.8 Å². The largest absolute Gasteiger partial charge is 0.122 e. The van der Waals surface area contributed by atoms with E-state index in [9.17, 15) is 0 Å². The van der Waals surface area contributed by atoms with Crippen molar-refractivity contribution < 1.29 is 0 Å². The summed E-state index contributed by atoms with van der Waals surface area (Å²) in [4.78, 5) is 1.37. The van der Waals surface area contributed by atoms with Crippen molar-refractivity contribution >= 4 is 11.8 Å². The highest BCUT2D eigenvalue weighted by Gasteiger charge is 1.93. The first-order chi connectivity index (χ1) is 12.4. The summed E-state index contributed by atoms with van der Waals surface area (Å²) >= 11 is 1.92. The molecule has 0 atom stereocenters. The number of thioether (sulfide) groups is 1. The first kappa shape index (κ1) is 22.4. The highest BCUT2D eigenvalue weighted by Crippen LogP contribution is 2.17. The molecule has 0 fully saturated rings. The summed E-state index contributed by atoms with van der Waals surface area (Å²) in [5.41, 5.74) is 0. The van der Waals surface area contributed by atoms with E-state index in [0.717, 1.165) is 5.75 Å². The van der Waals surface area contributed by atoms with E-state index in [1.54, 1.807) is 0 Å². The van der Waals surface area contributed by atoms with Crippen molar-refractivity contribution in [1.82, 2.24) is 0 Å². The molecule has 1 rings (SSSR count). The quantitative estimate of drug-likeness (QED) is 0.152. The third kappa shape index (κ3) is 15.3. The van der Waals surface area contributed by atoms with Gasteiger partial charge in [0.15, 0.2) is 0 Å². The molecular formula is C24H40S. The number of unbranched alkanes of at least 4 members (excludes halogenated alkanes) is 13. The van der Waals surface area contributed by atoms with Crippen LogP contribution in [0.15, 0.2) is 47.4 Å². The van der Waals surface area contributed by atoms with Crippen molar-refractivity contribution in [3.8, 4) is 0 Å². The van der Waals surface area contributed by atoms with E-state index >= 15 is 0 Å². The molecule has 1 aromatic rings. The van der Waals surface area contributed by atoms with Crippen molar-refractivity contribution in [1.29, 1.82) is 0 Å². The Morgan fingerprint density at radius 2 is 1.16 bits per heavy atom. The number of allylic oxidation sites excluding steroid dienone is 1. The van der Waals surface area contributed by atoms with Crippen LogP contribution in [0.1, 0.15) is 96.8 Å². The normalized spacial score (nSPS) is 11.4. The Hall–Kier alpha value is -0.690. The molecule has 1 heteroatoms. The molecule has 0 saturated carbocycles. The molecule has 0 aliphatic heterocycles. The maximum atomic E-state index is 2.37. The van der Waals surface area contributed by atoms with Crippen molar-refractivity contribution in [2.45, 2.75) is 102 Å². The van der Waals surface area contributed by atoms with Gasteiger partial charge >= 0.3 is 0 Å². The first-order valence-electron chi connectivity index (χ1n) is 10.8. The number of rotatable bonds is 17. The number of hydrogen-bond acceptors (Lipinski definition) is 1. The fourth-order valence-corrected chi connectivity index (χ4v) is 3.90. The average molecular weight is 361 g/mol. The lowest BCUT2D eigenvalue weighted by Gasteiger charge is -2.02. The van der Waals surface area contributed by atoms with Crippen LogP contribution in [0.2, 0.25) is 0 Å². The van der Waals surface area contributed by atoms with E-state index in [2.05, 4.69) is 49.4 Å². The Morgan fingerprint density at radius 3 is 1.72 bits per heavy atom. The fourth-order valence-electron chi connectivity index (χ4n) is 3.13. The van der Waals surface area contributed by atoms with E-state index in [1.165, 1.54) is 94.8 Å². The highest BCUT2D eigenvalue weighted by molar-refractivity contribution is 7.99. The number of hydrogen-bond donors (Lipinski definition) is 0. The second-order valence-corrected chi connectivity index (χ2v) is 8.22. The summed E-state index contributed by atoms with van der Waals surface area (Å²) in [6.07, 6.45) is 24.6. The minimum atomic E-state index is 1.10. The standard InChI is InChI=1S/C24H40S/c1-2-3-4-5-6-7-8-9-10-11-12-13-14-15-16-20-23-25-24-21-18-17-19-22-24/h16-22H,2-15,23H2,1H3. The van der Waals surface area contributed by atoms with Crippen molar-refractivity contribution in [2.24, 2.45) is 0 Å². The van der Waals surface area contributed by atoms with Crippen LogP contribution in [0, 0.1) is 0 Å². The second-order valence-electron chi connectivity index (χ2n) is 7.13. The lowest BCUT2D eigenvalue weighted by atomic mass is 10.0. The second kappa shape index (κ2) is 18.1. The first-order valence-corrected chi connectivity index (χ1v) is 11.7. The molecule has 0 aliphatic rings. The number of benzene rings is 1. The monoisotopic (exact) mass is 360 g/mol. The van der Waals surface area contributed by atoms with Gasteiger partial charge in [0.25, 0.3) is 0 Å². The van der Waals surface area contributed by atoms with Crippen molar-refractivity contribution in [3.05, 3.63) is 42.5 Å². The van der Waals surface area contributed by atoms with Gasteiger partial charge in [-0.2, -0.15) is 0 Å². The molecule has 0 saturated heterocycles. The zero-order valence-corrected chi connectivity index (χ0v) is 17.4. The van der Waals surface area contributed by atoms with Gasteiger partial charge < -0.3 is 0 Å². The van der Waals surface area contributed by atoms with E-state index in [-0.39, 0.29) is 0 Å². The molecule has 0 radical (unpaired) electrons. The predicted octanol–water partition coefficient (Wildman–Crippen LogP) is 8.82. The highest BCUT2D eigenvalue weighted by atomic mass is 32.2. The van der Waals surface area contributed by atoms with Gasteiger partial charge in [-0.15, -0.1) is 11.8 Å². The molecule has 0 aromatic heterocycles. The van der Waals surface area contributed by atoms with Crippen LogP contribution in [-0.2, 0) is 0 Å². The Bertz CT molecular complexity index is 396. The van der Waals surface area contributed by atoms with Gasteiger partial charge in [0.1, 0.15) is 0 Å². The molecule has 0 heterocycles. The summed E-state index contributed by atoms with van der Waals surface area (Å²) in [6.45, 7) is 2.29. The molecule has 0 unspecified atom stereocenters. The SMILES string of the molecule is CCCCCCCCCCCCCCCC=CCSc1ccccc1. The van der Waals surface area contributed by atoms with Gasteiger partial charge in [-0.3, -0.25) is 0 Å². The summed E-state index contributed by atoms with van der Waals surface area (Å²) in [7, 11) is 0. The van der Waals surface area contributed by atoms with Gasteiger partial charge in [0.05, 0.1) is 0 Å². The average Bonchev–Trinajstić information content (AvgIpc) is 2.65. The van der Waals surface area contributed by atoms with E-state index in [0.29, 0.717) is 0 Å². The molecule has 0 amide bonds. The van der Waals surface area contributed by atoms with E-state index < -0.39 is 0 Å². The van der Waals surface area contributed by atoms with Crippen LogP contribution in [-0.4, -0.2) is 5.75 Å². The van der Waals surface area contributed by atoms with Crippen LogP contribution in [0.4, 0.5) is 0 Å². The molecule has 25 heavy (non-hydrogen) atoms. The van der Waals surface area contributed by atoms with Gasteiger partial charge in [-0.25, -0.2) is 0 Å². The maximum absolute atomic E-state index is 2.37. The van der Waals surface area contributed by atoms with Crippen LogP contribution in [0.25, 0.3) is 0 Å². The Balaban J connectivity index is 1.75. The third-order valence-electron chi connectivity index (χ3n) is 4.73.